The van der Waals surface area contributed by atoms with Crippen LogP contribution in [0.4, 0.5) is 0 Å². The maximum atomic E-state index is 7.18. The van der Waals surface area contributed by atoms with Crippen LogP contribution in [0.15, 0.2) is 46.9 Å². The van der Waals surface area contributed by atoms with E-state index < -0.39 is 0 Å². The van der Waals surface area contributed by atoms with Crippen molar-refractivity contribution < 1.29 is 4.42 Å². The van der Waals surface area contributed by atoms with Crippen molar-refractivity contribution in [1.82, 2.24) is 0 Å². The Bertz CT molecular complexity index is 3340. The zero-order valence-corrected chi connectivity index (χ0v) is 30.8. The Kier molecular flexibility index (Phi) is 9.02. The van der Waals surface area contributed by atoms with Gasteiger partial charge in [-0.2, -0.15) is 0 Å². The third-order valence-electron chi connectivity index (χ3n) is 11.6. The summed E-state index contributed by atoms with van der Waals surface area (Å²) in [6.07, 6.45) is 0. The zero-order valence-electron chi connectivity index (χ0n) is 30.8. The third kappa shape index (κ3) is 4.90. The standard InChI is InChI=1S/C40H7B17O/c41-22-18-19(29(48)38(57)37(56)28(18)47)32(51)39-20(22)21-30(49)27(46)17(31(50)40(21)58-39)12-15-13(23(42)33(52)35(54)25(15)44)11(10-7-3-5-8-4-1-2-6-9(8)10)14-16(12)26(45)36(55)34(53)24(14)43/h1-7H. The fourth-order valence-electron chi connectivity index (χ4n) is 8.66. The first-order valence-corrected chi connectivity index (χ1v) is 17.6. The Morgan fingerprint density at radius 3 is 1.16 bits per heavy atom. The fourth-order valence-corrected chi connectivity index (χ4v) is 8.66. The van der Waals surface area contributed by atoms with Crippen LogP contribution in [0.3, 0.4) is 0 Å². The molecule has 0 spiro atoms. The van der Waals surface area contributed by atoms with Gasteiger partial charge in [-0.15, -0.1) is 32.8 Å². The van der Waals surface area contributed by atoms with E-state index in [-0.39, 0.29) is 147 Å². The van der Waals surface area contributed by atoms with Crippen molar-refractivity contribution in [1.29, 1.82) is 0 Å². The smallest absolute Gasteiger partial charge is 0.128 e. The second-order valence-corrected chi connectivity index (χ2v) is 14.4. The molecule has 0 saturated heterocycles. The van der Waals surface area contributed by atoms with Crippen LogP contribution in [0.1, 0.15) is 0 Å². The summed E-state index contributed by atoms with van der Waals surface area (Å²) in [7, 11) is 115. The number of hydrogen-bond acceptors (Lipinski definition) is 1. The molecule has 34 radical (unpaired) electrons. The quantitative estimate of drug-likeness (QED) is 0.130. The molecular formula is C40H7B17O. The highest BCUT2D eigenvalue weighted by Crippen LogP contribution is 2.42. The molecule has 58 heavy (non-hydrogen) atoms. The molecule has 1 nitrogen and oxygen atoms in total. The van der Waals surface area contributed by atoms with Crippen molar-refractivity contribution in [3.8, 4) is 22.3 Å². The molecule has 0 aliphatic carbocycles. The van der Waals surface area contributed by atoms with Crippen LogP contribution < -0.4 is 92.9 Å². The average molecular weight is 687 g/mol. The van der Waals surface area contributed by atoms with Gasteiger partial charge in [0.2, 0.25) is 0 Å². The molecule has 0 atom stereocenters. The highest BCUT2D eigenvalue weighted by Gasteiger charge is 2.29. The van der Waals surface area contributed by atoms with Crippen LogP contribution in [0.25, 0.3) is 87.3 Å². The van der Waals surface area contributed by atoms with Gasteiger partial charge < -0.3 is 4.42 Å². The van der Waals surface area contributed by atoms with Gasteiger partial charge in [-0.1, -0.05) is 91.6 Å². The van der Waals surface area contributed by atoms with E-state index in [1.165, 1.54) is 0 Å². The van der Waals surface area contributed by atoms with Crippen molar-refractivity contribution in [3.63, 3.8) is 0 Å². The summed E-state index contributed by atoms with van der Waals surface area (Å²) in [6.45, 7) is 0. The lowest BCUT2D eigenvalue weighted by molar-refractivity contribution is 0.675. The first-order valence-electron chi connectivity index (χ1n) is 17.6. The number of fused-ring (bicyclic) bond motifs is 7. The number of furan rings is 1. The minimum atomic E-state index is -0.0441. The molecule has 18 heteroatoms. The topological polar surface area (TPSA) is 13.1 Å². The molecule has 0 saturated carbocycles. The Morgan fingerprint density at radius 1 is 0.259 bits per heavy atom. The summed E-state index contributed by atoms with van der Waals surface area (Å²) in [6, 6.07) is 13.5. The van der Waals surface area contributed by atoms with E-state index in [1.54, 1.807) is 0 Å². The van der Waals surface area contributed by atoms with Crippen LogP contribution >= 0.6 is 0 Å². The summed E-state index contributed by atoms with van der Waals surface area (Å²) < 4.78 is 6.49. The van der Waals surface area contributed by atoms with E-state index in [0.29, 0.717) is 21.9 Å². The van der Waals surface area contributed by atoms with E-state index in [0.717, 1.165) is 10.8 Å². The van der Waals surface area contributed by atoms with Crippen LogP contribution in [0.5, 0.6) is 0 Å². The first kappa shape index (κ1) is 39.2. The van der Waals surface area contributed by atoms with Crippen LogP contribution in [0, 0.1) is 0 Å². The van der Waals surface area contributed by atoms with Gasteiger partial charge in [0.1, 0.15) is 145 Å². The zero-order chi connectivity index (χ0) is 41.7. The van der Waals surface area contributed by atoms with Crippen LogP contribution in [-0.4, -0.2) is 133 Å². The third-order valence-corrected chi connectivity index (χ3v) is 11.6. The predicted octanol–water partition coefficient (Wildman–Crippen LogP) is -8.97. The van der Waals surface area contributed by atoms with Gasteiger partial charge in [0.25, 0.3) is 0 Å². The highest BCUT2D eigenvalue weighted by atomic mass is 16.3. The van der Waals surface area contributed by atoms with Gasteiger partial charge in [0.15, 0.2) is 0 Å². The SMILES string of the molecule is [B]c1c([B])c([B])c2c([B])c3c(oc4c([B])c(-c5c6c([B])c([B])c([B])c([B])c6c(-c6cccc7ccccc67)c6c([B])c([B])c([B])c([B])c56)c([B])c([B])c43)c([B])c2c1[B]. The predicted molar refractivity (Wildman–Crippen MR) is 266 cm³/mol. The Morgan fingerprint density at radius 2 is 0.638 bits per heavy atom. The van der Waals surface area contributed by atoms with Gasteiger partial charge >= 0.3 is 0 Å². The molecule has 224 valence electrons. The van der Waals surface area contributed by atoms with Crippen molar-refractivity contribution in [2.75, 3.05) is 0 Å². The van der Waals surface area contributed by atoms with Crippen molar-refractivity contribution in [2.24, 2.45) is 0 Å². The molecular weight excluding hydrogens is 680 g/mol. The lowest BCUT2D eigenvalue weighted by Crippen LogP contribution is -2.50. The maximum Gasteiger partial charge on any atom is 0.128 e. The monoisotopic (exact) mass is 690 g/mol. The second-order valence-electron chi connectivity index (χ2n) is 14.4. The summed E-state index contributed by atoms with van der Waals surface area (Å²) in [5.74, 6) is 0. The molecule has 0 N–H and O–H groups in total. The Labute approximate surface area is 358 Å². The molecule has 1 aromatic heterocycles. The van der Waals surface area contributed by atoms with Crippen molar-refractivity contribution in [3.05, 3.63) is 42.5 Å². The molecule has 9 aromatic rings. The van der Waals surface area contributed by atoms with Crippen LogP contribution in [0.2, 0.25) is 0 Å². The van der Waals surface area contributed by atoms with E-state index in [1.807, 2.05) is 42.5 Å². The molecule has 0 aliphatic heterocycles. The fraction of sp³-hybridized carbons (Fsp3) is 0. The minimum Gasteiger partial charge on any atom is -0.457 e. The van der Waals surface area contributed by atoms with E-state index in [2.05, 4.69) is 0 Å². The second kappa shape index (κ2) is 13.4. The van der Waals surface area contributed by atoms with Gasteiger partial charge in [0, 0.05) is 10.8 Å². The van der Waals surface area contributed by atoms with Crippen LogP contribution in [-0.2, 0) is 0 Å². The summed E-state index contributed by atoms with van der Waals surface area (Å²) in [5.41, 5.74) is 2.04. The highest BCUT2D eigenvalue weighted by molar-refractivity contribution is 6.74. The molecule has 9 rings (SSSR count). The summed E-state index contributed by atoms with van der Waals surface area (Å²) >= 11 is 0. The lowest BCUT2D eigenvalue weighted by atomic mass is 9.58. The summed E-state index contributed by atoms with van der Waals surface area (Å²) in [4.78, 5) is 0. The van der Waals surface area contributed by atoms with E-state index >= 15 is 0 Å². The van der Waals surface area contributed by atoms with Gasteiger partial charge in [-0.3, -0.25) is 0 Å². The largest absolute Gasteiger partial charge is 0.457 e. The number of benzene rings is 8. The Hall–Kier alpha value is -4.30. The molecule has 0 amide bonds. The van der Waals surface area contributed by atoms with Gasteiger partial charge in [-0.05, 0) is 76.3 Å². The minimum absolute atomic E-state index is 0.0114. The molecule has 0 aliphatic rings. The van der Waals surface area contributed by atoms with E-state index in [9.17, 15) is 0 Å². The molecule has 0 unspecified atom stereocenters. The lowest BCUT2D eigenvalue weighted by Gasteiger charge is -2.30. The van der Waals surface area contributed by atoms with Crippen molar-refractivity contribution in [2.45, 2.75) is 0 Å². The molecule has 8 aromatic carbocycles. The number of rotatable bonds is 2. The van der Waals surface area contributed by atoms with Gasteiger partial charge in [0.05, 0.1) is 0 Å². The van der Waals surface area contributed by atoms with Gasteiger partial charge in [-0.25, -0.2) is 0 Å². The maximum absolute atomic E-state index is 7.18. The average Bonchev–Trinajstić information content (AvgIpc) is 3.63. The molecule has 0 bridgehead atoms. The van der Waals surface area contributed by atoms with Crippen molar-refractivity contribution >= 4 is 291 Å². The first-order chi connectivity index (χ1) is 27.4. The number of hydrogen-bond donors (Lipinski definition) is 0. The molecule has 0 fully saturated rings. The molecule has 1 heterocycles. The van der Waals surface area contributed by atoms with E-state index in [4.69, 9.17) is 138 Å². The normalized spacial score (nSPS) is 11.9. The summed E-state index contributed by atoms with van der Waals surface area (Å²) in [5, 5.41) is 3.91. The Balaban J connectivity index is 1.58.